The van der Waals surface area contributed by atoms with E-state index in [0.29, 0.717) is 24.5 Å². The summed E-state index contributed by atoms with van der Waals surface area (Å²) in [6, 6.07) is 8.23. The SMILES string of the molecule is COc1ccc(CCN2CCn3c(nn4c(C5CCCC5)ncc4c3=O)C2)cc1. The first kappa shape index (κ1) is 18.4. The number of methoxy groups -OCH3 is 1. The molecule has 0 spiro atoms. The molecule has 1 aliphatic heterocycles. The third-order valence-electron chi connectivity index (χ3n) is 6.36. The number of aromatic nitrogens is 4. The second kappa shape index (κ2) is 7.63. The minimum Gasteiger partial charge on any atom is -0.497 e. The molecule has 0 atom stereocenters. The highest BCUT2D eigenvalue weighted by Gasteiger charge is 2.26. The lowest BCUT2D eigenvalue weighted by molar-refractivity contribution is 0.212. The van der Waals surface area contributed by atoms with Crippen LogP contribution in [0.1, 0.15) is 48.8 Å². The van der Waals surface area contributed by atoms with Crippen LogP contribution in [0.5, 0.6) is 5.75 Å². The summed E-state index contributed by atoms with van der Waals surface area (Å²) in [6.07, 6.45) is 7.45. The van der Waals surface area contributed by atoms with Crippen LogP contribution in [0.2, 0.25) is 0 Å². The van der Waals surface area contributed by atoms with Gasteiger partial charge in [0.25, 0.3) is 5.56 Å². The van der Waals surface area contributed by atoms with Crippen LogP contribution in [0.4, 0.5) is 0 Å². The van der Waals surface area contributed by atoms with Crippen LogP contribution in [0.15, 0.2) is 35.3 Å². The van der Waals surface area contributed by atoms with E-state index in [1.807, 2.05) is 21.2 Å². The molecule has 3 aromatic rings. The number of fused-ring (bicyclic) bond motifs is 2. The standard InChI is InChI=1S/C22H27N5O2/c1-29-18-8-6-16(7-9-18)10-11-25-12-13-26-20(15-25)24-27-19(22(26)28)14-23-21(27)17-4-2-3-5-17/h6-9,14,17H,2-5,10-13,15H2,1H3. The van der Waals surface area contributed by atoms with Crippen LogP contribution in [-0.4, -0.2) is 44.3 Å². The second-order valence-electron chi connectivity index (χ2n) is 8.14. The number of ether oxygens (including phenoxy) is 1. The van der Waals surface area contributed by atoms with Crippen molar-refractivity contribution in [3.05, 3.63) is 58.0 Å². The van der Waals surface area contributed by atoms with Crippen LogP contribution in [0, 0.1) is 0 Å². The fourth-order valence-electron chi connectivity index (χ4n) is 4.64. The Morgan fingerprint density at radius 2 is 1.93 bits per heavy atom. The average Bonchev–Trinajstić information content (AvgIpc) is 3.42. The van der Waals surface area contributed by atoms with Crippen molar-refractivity contribution in [3.63, 3.8) is 0 Å². The van der Waals surface area contributed by atoms with Crippen molar-refractivity contribution in [1.29, 1.82) is 0 Å². The van der Waals surface area contributed by atoms with Crippen molar-refractivity contribution < 1.29 is 4.74 Å². The summed E-state index contributed by atoms with van der Waals surface area (Å²) in [6.45, 7) is 3.19. The number of imidazole rings is 1. The summed E-state index contributed by atoms with van der Waals surface area (Å²) in [5, 5.41) is 4.87. The highest BCUT2D eigenvalue weighted by Crippen LogP contribution is 2.33. The Kier molecular flexibility index (Phi) is 4.83. The lowest BCUT2D eigenvalue weighted by Crippen LogP contribution is -2.41. The summed E-state index contributed by atoms with van der Waals surface area (Å²) in [7, 11) is 1.69. The van der Waals surface area contributed by atoms with Gasteiger partial charge in [-0.25, -0.2) is 9.50 Å². The van der Waals surface area contributed by atoms with Crippen LogP contribution in [-0.2, 0) is 19.5 Å². The molecule has 7 heteroatoms. The number of hydrogen-bond donors (Lipinski definition) is 0. The molecule has 1 aromatic carbocycles. The smallest absolute Gasteiger partial charge is 0.279 e. The quantitative estimate of drug-likeness (QED) is 0.667. The lowest BCUT2D eigenvalue weighted by atomic mass is 10.1. The molecule has 2 aliphatic rings. The van der Waals surface area contributed by atoms with Crippen molar-refractivity contribution in [2.45, 2.75) is 51.1 Å². The van der Waals surface area contributed by atoms with Gasteiger partial charge in [0.05, 0.1) is 19.9 Å². The predicted molar refractivity (Wildman–Crippen MR) is 110 cm³/mol. The van der Waals surface area contributed by atoms with Gasteiger partial charge in [0.2, 0.25) is 0 Å². The van der Waals surface area contributed by atoms with Gasteiger partial charge >= 0.3 is 0 Å². The maximum atomic E-state index is 13.0. The van der Waals surface area contributed by atoms with Crippen molar-refractivity contribution in [2.24, 2.45) is 0 Å². The van der Waals surface area contributed by atoms with E-state index in [1.165, 1.54) is 18.4 Å². The van der Waals surface area contributed by atoms with Gasteiger partial charge in [0.1, 0.15) is 17.4 Å². The first-order chi connectivity index (χ1) is 14.2. The molecule has 1 saturated carbocycles. The van der Waals surface area contributed by atoms with Crippen molar-refractivity contribution in [3.8, 4) is 5.75 Å². The van der Waals surface area contributed by atoms with Gasteiger partial charge in [-0.2, -0.15) is 5.10 Å². The Labute approximate surface area is 169 Å². The molecule has 5 rings (SSSR count). The molecule has 7 nitrogen and oxygen atoms in total. The normalized spacial score (nSPS) is 17.7. The number of hydrogen-bond acceptors (Lipinski definition) is 5. The maximum Gasteiger partial charge on any atom is 0.279 e. The minimum absolute atomic E-state index is 0.0431. The first-order valence-electron chi connectivity index (χ1n) is 10.6. The first-order valence-corrected chi connectivity index (χ1v) is 10.6. The molecule has 152 valence electrons. The van der Waals surface area contributed by atoms with E-state index in [2.05, 4.69) is 22.0 Å². The molecule has 0 N–H and O–H groups in total. The van der Waals surface area contributed by atoms with Gasteiger partial charge in [0, 0.05) is 25.6 Å². The predicted octanol–water partition coefficient (Wildman–Crippen LogP) is 2.62. The van der Waals surface area contributed by atoms with E-state index in [0.717, 1.165) is 49.8 Å². The number of nitrogens with zero attached hydrogens (tertiary/aromatic N) is 5. The Morgan fingerprint density at radius 3 is 2.69 bits per heavy atom. The topological polar surface area (TPSA) is 64.7 Å². The van der Waals surface area contributed by atoms with Gasteiger partial charge in [0.15, 0.2) is 5.52 Å². The summed E-state index contributed by atoms with van der Waals surface area (Å²) in [5.41, 5.74) is 1.94. The Balaban J connectivity index is 1.36. The van der Waals surface area contributed by atoms with Crippen molar-refractivity contribution >= 4 is 5.52 Å². The van der Waals surface area contributed by atoms with E-state index in [4.69, 9.17) is 9.84 Å². The van der Waals surface area contributed by atoms with Gasteiger partial charge in [-0.1, -0.05) is 25.0 Å². The van der Waals surface area contributed by atoms with Gasteiger partial charge < -0.3 is 4.74 Å². The molecule has 1 aliphatic carbocycles. The van der Waals surface area contributed by atoms with Gasteiger partial charge in [-0.3, -0.25) is 14.3 Å². The van der Waals surface area contributed by atoms with Gasteiger partial charge in [-0.15, -0.1) is 0 Å². The molecule has 0 amide bonds. The van der Waals surface area contributed by atoms with Crippen LogP contribution in [0.3, 0.4) is 0 Å². The third kappa shape index (κ3) is 3.44. The molecule has 0 unspecified atom stereocenters. The Morgan fingerprint density at radius 1 is 1.14 bits per heavy atom. The summed E-state index contributed by atoms with van der Waals surface area (Å²) >= 11 is 0. The molecular formula is C22H27N5O2. The highest BCUT2D eigenvalue weighted by molar-refractivity contribution is 5.43. The molecule has 3 heterocycles. The highest BCUT2D eigenvalue weighted by atomic mass is 16.5. The van der Waals surface area contributed by atoms with Crippen LogP contribution in [0.25, 0.3) is 5.52 Å². The number of rotatable bonds is 5. The second-order valence-corrected chi connectivity index (χ2v) is 8.14. The molecule has 0 bridgehead atoms. The van der Waals surface area contributed by atoms with E-state index in [9.17, 15) is 4.79 Å². The zero-order chi connectivity index (χ0) is 19.8. The lowest BCUT2D eigenvalue weighted by Gasteiger charge is -2.29. The maximum absolute atomic E-state index is 13.0. The number of benzene rings is 1. The van der Waals surface area contributed by atoms with E-state index in [-0.39, 0.29) is 5.56 Å². The van der Waals surface area contributed by atoms with Crippen LogP contribution < -0.4 is 10.3 Å². The average molecular weight is 393 g/mol. The molecular weight excluding hydrogens is 366 g/mol. The molecule has 1 fully saturated rings. The molecule has 0 saturated heterocycles. The van der Waals surface area contributed by atoms with E-state index in [1.54, 1.807) is 13.3 Å². The zero-order valence-electron chi connectivity index (χ0n) is 16.9. The largest absolute Gasteiger partial charge is 0.497 e. The monoisotopic (exact) mass is 393 g/mol. The van der Waals surface area contributed by atoms with Crippen molar-refractivity contribution in [2.75, 3.05) is 20.2 Å². The van der Waals surface area contributed by atoms with E-state index < -0.39 is 0 Å². The Bertz CT molecular complexity index is 1060. The summed E-state index contributed by atoms with van der Waals surface area (Å²) in [4.78, 5) is 19.9. The summed E-state index contributed by atoms with van der Waals surface area (Å²) < 4.78 is 8.89. The fourth-order valence-corrected chi connectivity index (χ4v) is 4.64. The van der Waals surface area contributed by atoms with Crippen molar-refractivity contribution in [1.82, 2.24) is 24.1 Å². The fraction of sp³-hybridized carbons (Fsp3) is 0.500. The van der Waals surface area contributed by atoms with Gasteiger partial charge in [-0.05, 0) is 37.0 Å². The van der Waals surface area contributed by atoms with E-state index >= 15 is 0 Å². The third-order valence-corrected chi connectivity index (χ3v) is 6.36. The Hall–Kier alpha value is -2.67. The molecule has 2 aromatic heterocycles. The zero-order valence-corrected chi connectivity index (χ0v) is 16.9. The minimum atomic E-state index is 0.0431. The molecule has 29 heavy (non-hydrogen) atoms. The van der Waals surface area contributed by atoms with Crippen LogP contribution >= 0.6 is 0 Å². The molecule has 0 radical (unpaired) electrons. The summed E-state index contributed by atoms with van der Waals surface area (Å²) in [5.74, 6) is 3.13.